The molecule has 0 unspecified atom stereocenters. The first-order valence-electron chi connectivity index (χ1n) is 7.92. The van der Waals surface area contributed by atoms with E-state index in [1.165, 1.54) is 0 Å². The minimum atomic E-state index is -0.0656. The molecule has 2 aromatic rings. The van der Waals surface area contributed by atoms with Gasteiger partial charge in [0.25, 0.3) is 5.91 Å². The van der Waals surface area contributed by atoms with E-state index < -0.39 is 0 Å². The topological polar surface area (TPSA) is 68.5 Å². The summed E-state index contributed by atoms with van der Waals surface area (Å²) in [6.07, 6.45) is 1.22. The van der Waals surface area contributed by atoms with Crippen molar-refractivity contribution in [3.05, 3.63) is 33.6 Å². The Morgan fingerprint density at radius 3 is 3.00 bits per heavy atom. The van der Waals surface area contributed by atoms with E-state index in [0.717, 1.165) is 41.7 Å². The van der Waals surface area contributed by atoms with Crippen molar-refractivity contribution in [2.24, 2.45) is 0 Å². The number of ether oxygens (including phenoxy) is 1. The highest BCUT2D eigenvalue weighted by molar-refractivity contribution is 8.01. The Morgan fingerprint density at radius 1 is 1.50 bits per heavy atom. The lowest BCUT2D eigenvalue weighted by Gasteiger charge is -2.46. The van der Waals surface area contributed by atoms with Crippen molar-refractivity contribution < 1.29 is 14.1 Å². The second kappa shape index (κ2) is 6.16. The Bertz CT molecular complexity index is 751. The van der Waals surface area contributed by atoms with Gasteiger partial charge >= 0.3 is 0 Å². The zero-order chi connectivity index (χ0) is 16.7. The second-order valence-electron chi connectivity index (χ2n) is 6.48. The van der Waals surface area contributed by atoms with Crippen LogP contribution in [0.15, 0.2) is 16.0 Å². The number of hydrogen-bond acceptors (Lipinski definition) is 7. The van der Waals surface area contributed by atoms with Crippen LogP contribution < -0.4 is 0 Å². The Labute approximate surface area is 148 Å². The van der Waals surface area contributed by atoms with Crippen molar-refractivity contribution in [3.63, 3.8) is 0 Å². The number of thiazole rings is 1. The van der Waals surface area contributed by atoms with Gasteiger partial charge in [0.1, 0.15) is 0 Å². The van der Waals surface area contributed by atoms with Gasteiger partial charge in [0.2, 0.25) is 5.76 Å². The maximum atomic E-state index is 12.3. The van der Waals surface area contributed by atoms with E-state index in [0.29, 0.717) is 12.4 Å². The number of amides is 1. The summed E-state index contributed by atoms with van der Waals surface area (Å²) in [7, 11) is 0. The van der Waals surface area contributed by atoms with Gasteiger partial charge in [-0.3, -0.25) is 4.79 Å². The fourth-order valence-corrected chi connectivity index (χ4v) is 5.37. The summed E-state index contributed by atoms with van der Waals surface area (Å²) in [5, 5.41) is 6.90. The smallest absolute Gasteiger partial charge is 0.292 e. The third-order valence-corrected chi connectivity index (χ3v) is 6.79. The quantitative estimate of drug-likeness (QED) is 0.830. The van der Waals surface area contributed by atoms with Crippen LogP contribution >= 0.6 is 23.1 Å². The molecule has 128 valence electrons. The largest absolute Gasteiger partial charge is 0.371 e. The van der Waals surface area contributed by atoms with Crippen LogP contribution in [-0.2, 0) is 11.3 Å². The lowest BCUT2D eigenvalue weighted by atomic mass is 9.92. The van der Waals surface area contributed by atoms with E-state index in [2.05, 4.69) is 15.5 Å². The summed E-state index contributed by atoms with van der Waals surface area (Å²) < 4.78 is 11.2. The molecule has 6 nitrogen and oxygen atoms in total. The molecule has 0 aromatic carbocycles. The molecule has 0 aliphatic carbocycles. The van der Waals surface area contributed by atoms with Crippen molar-refractivity contribution in [3.8, 4) is 0 Å². The van der Waals surface area contributed by atoms with E-state index in [1.807, 2.05) is 30.5 Å². The molecule has 1 atom stereocenters. The molecule has 1 amide bonds. The van der Waals surface area contributed by atoms with Gasteiger partial charge in [-0.25, -0.2) is 4.98 Å². The molecule has 0 saturated carbocycles. The molecule has 4 heterocycles. The second-order valence-corrected chi connectivity index (χ2v) is 9.03. The SMILES string of the molecule is Cc1cc(C(=O)N2CC3(C[C@@H](OCc4csc(C)n4)CS3)C2)on1. The summed E-state index contributed by atoms with van der Waals surface area (Å²) in [5.41, 5.74) is 1.74. The highest BCUT2D eigenvalue weighted by atomic mass is 32.2. The number of aryl methyl sites for hydroxylation is 2. The Hall–Kier alpha value is -1.38. The monoisotopic (exact) mass is 365 g/mol. The highest BCUT2D eigenvalue weighted by Gasteiger charge is 2.51. The van der Waals surface area contributed by atoms with Crippen LogP contribution in [-0.4, -0.2) is 50.6 Å². The number of rotatable bonds is 4. The first-order chi connectivity index (χ1) is 11.5. The van der Waals surface area contributed by atoms with Gasteiger partial charge in [-0.15, -0.1) is 23.1 Å². The number of aromatic nitrogens is 2. The number of thioether (sulfide) groups is 1. The minimum Gasteiger partial charge on any atom is -0.371 e. The maximum absolute atomic E-state index is 12.3. The third-order valence-electron chi connectivity index (χ3n) is 4.39. The first-order valence-corrected chi connectivity index (χ1v) is 9.79. The predicted molar refractivity (Wildman–Crippen MR) is 92.4 cm³/mol. The zero-order valence-electron chi connectivity index (χ0n) is 13.7. The third kappa shape index (κ3) is 3.10. The molecule has 24 heavy (non-hydrogen) atoms. The molecule has 2 aliphatic rings. The average molecular weight is 365 g/mol. The van der Waals surface area contributed by atoms with E-state index >= 15 is 0 Å². The van der Waals surface area contributed by atoms with Crippen molar-refractivity contribution in [2.75, 3.05) is 18.8 Å². The number of nitrogens with zero attached hydrogens (tertiary/aromatic N) is 3. The highest BCUT2D eigenvalue weighted by Crippen LogP contribution is 2.46. The average Bonchev–Trinajstić information content (AvgIpc) is 3.22. The molecule has 4 rings (SSSR count). The summed E-state index contributed by atoms with van der Waals surface area (Å²) >= 11 is 3.57. The van der Waals surface area contributed by atoms with Crippen LogP contribution in [0.3, 0.4) is 0 Å². The van der Waals surface area contributed by atoms with E-state index in [1.54, 1.807) is 17.4 Å². The van der Waals surface area contributed by atoms with Crippen LogP contribution in [0.5, 0.6) is 0 Å². The van der Waals surface area contributed by atoms with Crippen molar-refractivity contribution >= 4 is 29.0 Å². The molecular formula is C16H19N3O3S2. The van der Waals surface area contributed by atoms with Crippen LogP contribution in [0.25, 0.3) is 0 Å². The van der Waals surface area contributed by atoms with E-state index in [9.17, 15) is 4.79 Å². The molecule has 2 aromatic heterocycles. The summed E-state index contributed by atoms with van der Waals surface area (Å²) in [6.45, 7) is 5.91. The van der Waals surface area contributed by atoms with Gasteiger partial charge in [-0.2, -0.15) is 0 Å². The van der Waals surface area contributed by atoms with Crippen molar-refractivity contribution in [2.45, 2.75) is 37.7 Å². The molecular weight excluding hydrogens is 346 g/mol. The fourth-order valence-electron chi connectivity index (χ4n) is 3.22. The fraction of sp³-hybridized carbons (Fsp3) is 0.562. The Morgan fingerprint density at radius 2 is 2.33 bits per heavy atom. The van der Waals surface area contributed by atoms with Crippen LogP contribution in [0.4, 0.5) is 0 Å². The van der Waals surface area contributed by atoms with Crippen molar-refractivity contribution in [1.82, 2.24) is 15.0 Å². The minimum absolute atomic E-state index is 0.0656. The standard InChI is InChI=1S/C16H19N3O3S2/c1-10-3-14(22-18-10)15(20)19-8-16(9-19)4-13(7-24-16)21-5-12-6-23-11(2)17-12/h3,6,13H,4-5,7-9H2,1-2H3/t13-/m1/s1. The summed E-state index contributed by atoms with van der Waals surface area (Å²) in [4.78, 5) is 18.6. The Balaban J connectivity index is 1.27. The molecule has 0 N–H and O–H groups in total. The predicted octanol–water partition coefficient (Wildman–Crippen LogP) is 2.66. The molecule has 0 bridgehead atoms. The Kier molecular flexibility index (Phi) is 4.14. The van der Waals surface area contributed by atoms with Gasteiger partial charge in [0, 0.05) is 30.3 Å². The van der Waals surface area contributed by atoms with Crippen LogP contribution in [0, 0.1) is 13.8 Å². The molecule has 2 aliphatic heterocycles. The van der Waals surface area contributed by atoms with Crippen LogP contribution in [0.1, 0.15) is 33.4 Å². The molecule has 1 spiro atoms. The maximum Gasteiger partial charge on any atom is 0.292 e. The normalized spacial score (nSPS) is 22.1. The lowest BCUT2D eigenvalue weighted by Crippen LogP contribution is -2.60. The van der Waals surface area contributed by atoms with Gasteiger partial charge in [-0.05, 0) is 20.3 Å². The summed E-state index contributed by atoms with van der Waals surface area (Å²) in [6, 6.07) is 1.69. The van der Waals surface area contributed by atoms with Gasteiger partial charge in [0.15, 0.2) is 0 Å². The lowest BCUT2D eigenvalue weighted by molar-refractivity contribution is 0.0231. The molecule has 0 radical (unpaired) electrons. The zero-order valence-corrected chi connectivity index (χ0v) is 15.3. The van der Waals surface area contributed by atoms with Gasteiger partial charge in [-0.1, -0.05) is 5.16 Å². The number of carbonyl (C=O) groups excluding carboxylic acids is 1. The molecule has 2 fully saturated rings. The number of carbonyl (C=O) groups is 1. The van der Waals surface area contributed by atoms with E-state index in [4.69, 9.17) is 9.26 Å². The molecule has 2 saturated heterocycles. The van der Waals surface area contributed by atoms with Crippen LogP contribution in [0.2, 0.25) is 0 Å². The molecule has 8 heteroatoms. The van der Waals surface area contributed by atoms with Gasteiger partial charge in [0.05, 0.1) is 33.9 Å². The van der Waals surface area contributed by atoms with Gasteiger partial charge < -0.3 is 14.2 Å². The van der Waals surface area contributed by atoms with E-state index in [-0.39, 0.29) is 16.8 Å². The number of likely N-dealkylation sites (tertiary alicyclic amines) is 1. The first kappa shape index (κ1) is 16.1. The summed E-state index contributed by atoms with van der Waals surface area (Å²) in [5.74, 6) is 1.24. The number of hydrogen-bond donors (Lipinski definition) is 0. The van der Waals surface area contributed by atoms with Crippen molar-refractivity contribution in [1.29, 1.82) is 0 Å².